The number of carbonyl (C=O) groups is 3. The average Bonchev–Trinajstić information content (AvgIpc) is 3.37. The second kappa shape index (κ2) is 54.9. The van der Waals surface area contributed by atoms with Crippen LogP contribution in [0.4, 0.5) is 0 Å². The SMILES string of the molecule is CC/C=C\C/C=C\C/C=C\C/C=C\C/C=C\C/C=C\C/C=C\C/C=C\C/C=C\CCCCCCCCCCCCCC(=O)OC(COC(=O)CCCCCCC/C=C\CCC)COC(OCC[N+](C)(C)C)C(=O)[O-]. The molecule has 0 aromatic rings. The molecule has 420 valence electrons. The van der Waals surface area contributed by atoms with E-state index in [1.54, 1.807) is 0 Å². The molecule has 0 amide bonds. The van der Waals surface area contributed by atoms with E-state index in [2.05, 4.69) is 135 Å². The first kappa shape index (κ1) is 69.7. The highest BCUT2D eigenvalue weighted by molar-refractivity contribution is 5.70. The Morgan fingerprint density at radius 2 is 0.770 bits per heavy atom. The van der Waals surface area contributed by atoms with Crippen molar-refractivity contribution in [3.05, 3.63) is 122 Å². The van der Waals surface area contributed by atoms with Gasteiger partial charge in [-0.3, -0.25) is 9.59 Å². The molecule has 0 aliphatic heterocycles. The summed E-state index contributed by atoms with van der Waals surface area (Å²) in [5, 5.41) is 11.7. The number of ether oxygens (including phenoxy) is 4. The lowest BCUT2D eigenvalue weighted by molar-refractivity contribution is -0.870. The van der Waals surface area contributed by atoms with Crippen LogP contribution in [0.2, 0.25) is 0 Å². The molecule has 0 aliphatic carbocycles. The van der Waals surface area contributed by atoms with E-state index in [1.807, 2.05) is 21.1 Å². The van der Waals surface area contributed by atoms with Crippen molar-refractivity contribution in [1.29, 1.82) is 0 Å². The zero-order chi connectivity index (χ0) is 54.1. The third kappa shape index (κ3) is 55.4. The van der Waals surface area contributed by atoms with Crippen molar-refractivity contribution < 1.29 is 42.9 Å². The lowest BCUT2D eigenvalue weighted by Crippen LogP contribution is -2.44. The molecule has 2 atom stereocenters. The van der Waals surface area contributed by atoms with Crippen molar-refractivity contribution in [3.63, 3.8) is 0 Å². The minimum absolute atomic E-state index is 0.141. The fourth-order valence-corrected chi connectivity index (χ4v) is 7.47. The molecule has 0 heterocycles. The summed E-state index contributed by atoms with van der Waals surface area (Å²) in [6, 6.07) is 0. The van der Waals surface area contributed by atoms with Crippen LogP contribution in [0.1, 0.15) is 213 Å². The monoisotopic (exact) mass is 1030 g/mol. The van der Waals surface area contributed by atoms with Crippen LogP contribution < -0.4 is 5.11 Å². The number of likely N-dealkylation sites (N-methyl/N-ethyl adjacent to an activating group) is 1. The number of carboxylic acid groups (broad SMARTS) is 1. The molecule has 0 aromatic heterocycles. The Balaban J connectivity index is 4.09. The van der Waals surface area contributed by atoms with E-state index in [4.69, 9.17) is 18.9 Å². The van der Waals surface area contributed by atoms with Gasteiger partial charge in [0.1, 0.15) is 13.2 Å². The lowest BCUT2D eigenvalue weighted by Gasteiger charge is -2.26. The molecular weight excluding hydrogens is 923 g/mol. The van der Waals surface area contributed by atoms with Crippen molar-refractivity contribution in [2.24, 2.45) is 0 Å². The van der Waals surface area contributed by atoms with Gasteiger partial charge in [-0.2, -0.15) is 0 Å². The molecule has 0 fully saturated rings. The molecule has 9 heteroatoms. The number of unbranched alkanes of at least 4 members (excludes halogenated alkanes) is 17. The average molecular weight is 1030 g/mol. The van der Waals surface area contributed by atoms with Crippen molar-refractivity contribution >= 4 is 17.9 Å². The smallest absolute Gasteiger partial charge is 0.306 e. The first-order valence-electron chi connectivity index (χ1n) is 29.2. The molecule has 0 saturated heterocycles. The van der Waals surface area contributed by atoms with Crippen LogP contribution in [0.5, 0.6) is 0 Å². The lowest BCUT2D eigenvalue weighted by atomic mass is 10.0. The Kier molecular flexibility index (Phi) is 51.7. The number of hydrogen-bond donors (Lipinski definition) is 0. The number of quaternary nitrogens is 1. The van der Waals surface area contributed by atoms with Gasteiger partial charge < -0.3 is 33.3 Å². The van der Waals surface area contributed by atoms with E-state index >= 15 is 0 Å². The van der Waals surface area contributed by atoms with Crippen LogP contribution in [0.15, 0.2) is 122 Å². The standard InChI is InChI=1S/C65H107NO8/c1-6-8-10-12-14-16-18-19-20-21-22-23-24-25-26-27-28-29-30-31-32-33-34-35-36-37-38-39-40-41-42-43-44-45-46-48-50-52-54-56-63(68)74-61(60-73-65(64(69)70)71-58-57-66(3,4)5)59-72-62(67)55-53-51-49-47-17-15-13-11-9-7-2/h8,10-11,13-14,16,19-20,22-23,25-26,28-29,31-32,34-35,37-38,61,65H,6-7,9,12,15,17-18,21,24,27,30,33,36,39-60H2,1-5H3/b10-8-,13-11-,16-14-,20-19-,23-22-,26-25-,29-28-,32-31-,35-34-,38-37-. The number of esters is 2. The molecule has 0 saturated carbocycles. The van der Waals surface area contributed by atoms with Gasteiger partial charge in [-0.05, 0) is 103 Å². The summed E-state index contributed by atoms with van der Waals surface area (Å²) in [7, 11) is 5.90. The van der Waals surface area contributed by atoms with E-state index in [-0.39, 0.29) is 38.6 Å². The predicted octanol–water partition coefficient (Wildman–Crippen LogP) is 16.0. The molecule has 0 aromatic carbocycles. The first-order valence-corrected chi connectivity index (χ1v) is 29.2. The molecule has 0 radical (unpaired) electrons. The summed E-state index contributed by atoms with van der Waals surface area (Å²) in [6.07, 6.45) is 74.1. The maximum atomic E-state index is 12.8. The van der Waals surface area contributed by atoms with E-state index in [0.29, 0.717) is 17.4 Å². The van der Waals surface area contributed by atoms with Gasteiger partial charge in [0.05, 0.1) is 40.3 Å². The number of aliphatic carboxylic acids is 1. The van der Waals surface area contributed by atoms with Gasteiger partial charge in [0.25, 0.3) is 0 Å². The van der Waals surface area contributed by atoms with Gasteiger partial charge in [0, 0.05) is 12.8 Å². The Labute approximate surface area is 453 Å². The third-order valence-corrected chi connectivity index (χ3v) is 11.9. The Hall–Kier alpha value is -4.31. The fourth-order valence-electron chi connectivity index (χ4n) is 7.47. The normalized spacial score (nSPS) is 13.7. The molecule has 0 aliphatic rings. The third-order valence-electron chi connectivity index (χ3n) is 11.9. The van der Waals surface area contributed by atoms with E-state index in [9.17, 15) is 19.5 Å². The predicted molar refractivity (Wildman–Crippen MR) is 310 cm³/mol. The van der Waals surface area contributed by atoms with E-state index in [0.717, 1.165) is 128 Å². The summed E-state index contributed by atoms with van der Waals surface area (Å²) >= 11 is 0. The van der Waals surface area contributed by atoms with Crippen LogP contribution in [0.3, 0.4) is 0 Å². The van der Waals surface area contributed by atoms with Crippen LogP contribution in [0.25, 0.3) is 0 Å². The van der Waals surface area contributed by atoms with Gasteiger partial charge in [0.15, 0.2) is 12.4 Å². The second-order valence-corrected chi connectivity index (χ2v) is 20.2. The molecule has 0 rings (SSSR count). The molecule has 0 spiro atoms. The van der Waals surface area contributed by atoms with Gasteiger partial charge in [-0.25, -0.2) is 0 Å². The molecular formula is C65H107NO8. The fraction of sp³-hybridized carbons (Fsp3) is 0.646. The van der Waals surface area contributed by atoms with Crippen molar-refractivity contribution in [3.8, 4) is 0 Å². The van der Waals surface area contributed by atoms with Gasteiger partial charge in [-0.1, -0.05) is 219 Å². The number of carbonyl (C=O) groups excluding carboxylic acids is 3. The summed E-state index contributed by atoms with van der Waals surface area (Å²) in [5.41, 5.74) is 0. The Morgan fingerprint density at radius 3 is 1.16 bits per heavy atom. The van der Waals surface area contributed by atoms with Crippen LogP contribution >= 0.6 is 0 Å². The van der Waals surface area contributed by atoms with E-state index < -0.39 is 24.3 Å². The summed E-state index contributed by atoms with van der Waals surface area (Å²) < 4.78 is 22.6. The highest BCUT2D eigenvalue weighted by atomic mass is 16.7. The Morgan fingerprint density at radius 1 is 0.419 bits per heavy atom. The molecule has 9 nitrogen and oxygen atoms in total. The number of rotatable bonds is 52. The quantitative estimate of drug-likeness (QED) is 0.0195. The van der Waals surface area contributed by atoms with Gasteiger partial charge in [0.2, 0.25) is 0 Å². The van der Waals surface area contributed by atoms with Gasteiger partial charge in [-0.15, -0.1) is 0 Å². The van der Waals surface area contributed by atoms with Crippen molar-refractivity contribution in [1.82, 2.24) is 0 Å². The maximum absolute atomic E-state index is 12.8. The number of hydrogen-bond acceptors (Lipinski definition) is 8. The first-order chi connectivity index (χ1) is 36.1. The number of allylic oxidation sites excluding steroid dienone is 20. The summed E-state index contributed by atoms with van der Waals surface area (Å²) in [6.45, 7) is 4.53. The van der Waals surface area contributed by atoms with Crippen molar-refractivity contribution in [2.75, 3.05) is 47.5 Å². The zero-order valence-corrected chi connectivity index (χ0v) is 47.7. The Bertz CT molecular complexity index is 1620. The topological polar surface area (TPSA) is 111 Å². The summed E-state index contributed by atoms with van der Waals surface area (Å²) in [4.78, 5) is 37.1. The molecule has 0 bridgehead atoms. The highest BCUT2D eigenvalue weighted by Crippen LogP contribution is 2.15. The van der Waals surface area contributed by atoms with Crippen LogP contribution in [-0.2, 0) is 33.3 Å². The van der Waals surface area contributed by atoms with Crippen LogP contribution in [0, 0.1) is 0 Å². The molecule has 2 unspecified atom stereocenters. The molecule has 74 heavy (non-hydrogen) atoms. The number of carboxylic acids is 1. The largest absolute Gasteiger partial charge is 0.545 e. The van der Waals surface area contributed by atoms with Crippen molar-refractivity contribution in [2.45, 2.75) is 225 Å². The second-order valence-electron chi connectivity index (χ2n) is 20.2. The van der Waals surface area contributed by atoms with Crippen LogP contribution in [-0.4, -0.2) is 82.3 Å². The number of nitrogens with zero attached hydrogens (tertiary/aromatic N) is 1. The van der Waals surface area contributed by atoms with Gasteiger partial charge >= 0.3 is 11.9 Å². The zero-order valence-electron chi connectivity index (χ0n) is 47.7. The molecule has 0 N–H and O–H groups in total. The maximum Gasteiger partial charge on any atom is 0.306 e. The highest BCUT2D eigenvalue weighted by Gasteiger charge is 2.22. The summed E-state index contributed by atoms with van der Waals surface area (Å²) in [5.74, 6) is -2.31. The minimum atomic E-state index is -1.63. The minimum Gasteiger partial charge on any atom is -0.545 e. The van der Waals surface area contributed by atoms with E-state index in [1.165, 1.54) is 51.4 Å².